The maximum absolute atomic E-state index is 11.5. The fourth-order valence-corrected chi connectivity index (χ4v) is 1.20. The van der Waals surface area contributed by atoms with Gasteiger partial charge in [0.05, 0.1) is 6.04 Å². The number of primary amides is 1. The number of aromatic nitrogens is 4. The summed E-state index contributed by atoms with van der Waals surface area (Å²) in [6.07, 6.45) is 1.10. The van der Waals surface area contributed by atoms with Gasteiger partial charge in [0.2, 0.25) is 5.91 Å². The Kier molecular flexibility index (Phi) is 4.52. The molecule has 0 aliphatic carbocycles. The van der Waals surface area contributed by atoms with E-state index in [4.69, 9.17) is 11.5 Å². The predicted octanol–water partition coefficient (Wildman–Crippen LogP) is -1.71. The van der Waals surface area contributed by atoms with Crippen molar-refractivity contribution in [2.75, 3.05) is 0 Å². The minimum Gasteiger partial charge on any atom is -0.370 e. The van der Waals surface area contributed by atoms with Gasteiger partial charge >= 0.3 is 0 Å². The Bertz CT molecular complexity index is 349. The smallest absolute Gasteiger partial charge is 0.217 e. The summed E-state index contributed by atoms with van der Waals surface area (Å²) in [5, 5.41) is 13.0. The van der Waals surface area contributed by atoms with E-state index in [1.807, 2.05) is 0 Å². The molecule has 0 spiro atoms. The number of hydrogen-bond acceptors (Lipinski definition) is 6. The number of tetrazole rings is 1. The third kappa shape index (κ3) is 4.13. The molecule has 5 N–H and O–H groups in total. The summed E-state index contributed by atoms with van der Waals surface area (Å²) in [6.45, 7) is 0. The molecule has 0 fully saturated rings. The zero-order valence-electron chi connectivity index (χ0n) is 8.72. The van der Waals surface area contributed by atoms with Crippen LogP contribution in [0.5, 0.6) is 0 Å². The summed E-state index contributed by atoms with van der Waals surface area (Å²) in [4.78, 5) is 21.9. The first kappa shape index (κ1) is 12.2. The maximum atomic E-state index is 11.5. The molecule has 1 aromatic rings. The molecule has 0 bridgehead atoms. The molecule has 8 heteroatoms. The molecule has 1 amide bonds. The Morgan fingerprint density at radius 3 is 2.69 bits per heavy atom. The lowest BCUT2D eigenvalue weighted by Gasteiger charge is -2.06. The highest BCUT2D eigenvalue weighted by molar-refractivity contribution is 5.84. The third-order valence-electron chi connectivity index (χ3n) is 2.05. The molecule has 88 valence electrons. The van der Waals surface area contributed by atoms with Gasteiger partial charge in [-0.1, -0.05) is 5.21 Å². The molecular weight excluding hydrogens is 212 g/mol. The van der Waals surface area contributed by atoms with Crippen molar-refractivity contribution in [3.8, 4) is 0 Å². The number of nitrogens with one attached hydrogen (secondary N) is 1. The second kappa shape index (κ2) is 5.91. The lowest BCUT2D eigenvalue weighted by atomic mass is 10.0. The summed E-state index contributed by atoms with van der Waals surface area (Å²) in [5.41, 5.74) is 10.6. The fraction of sp³-hybridized carbons (Fsp3) is 0.625. The molecule has 1 rings (SSSR count). The van der Waals surface area contributed by atoms with Gasteiger partial charge < -0.3 is 11.5 Å². The summed E-state index contributed by atoms with van der Waals surface area (Å²) in [6, 6.07) is -0.662. The topological polar surface area (TPSA) is 141 Å². The van der Waals surface area contributed by atoms with Crippen molar-refractivity contribution in [1.29, 1.82) is 0 Å². The molecule has 0 saturated heterocycles. The summed E-state index contributed by atoms with van der Waals surface area (Å²) < 4.78 is 0. The maximum Gasteiger partial charge on any atom is 0.217 e. The van der Waals surface area contributed by atoms with E-state index >= 15 is 0 Å². The predicted molar refractivity (Wildman–Crippen MR) is 53.9 cm³/mol. The number of carbonyl (C=O) groups is 2. The number of aromatic amines is 1. The number of hydrogen-bond donors (Lipinski definition) is 3. The molecule has 0 aliphatic heterocycles. The van der Waals surface area contributed by atoms with Crippen LogP contribution in [-0.2, 0) is 16.0 Å². The Hall–Kier alpha value is -1.83. The number of nitrogens with zero attached hydrogens (tertiary/aromatic N) is 3. The monoisotopic (exact) mass is 226 g/mol. The number of Topliss-reactive ketones (excluding diaryl/α,β-unsaturated/α-hetero) is 1. The van der Waals surface area contributed by atoms with Crippen LogP contribution in [0, 0.1) is 0 Å². The quantitative estimate of drug-likeness (QED) is 0.505. The van der Waals surface area contributed by atoms with E-state index in [2.05, 4.69) is 20.6 Å². The van der Waals surface area contributed by atoms with Crippen molar-refractivity contribution >= 4 is 11.7 Å². The third-order valence-corrected chi connectivity index (χ3v) is 2.05. The number of rotatable bonds is 7. The van der Waals surface area contributed by atoms with Gasteiger partial charge in [-0.3, -0.25) is 9.59 Å². The van der Waals surface area contributed by atoms with E-state index in [-0.39, 0.29) is 25.0 Å². The first-order chi connectivity index (χ1) is 7.59. The van der Waals surface area contributed by atoms with Crippen LogP contribution in [0.15, 0.2) is 0 Å². The lowest BCUT2D eigenvalue weighted by molar-refractivity contribution is -0.120. The fourth-order valence-electron chi connectivity index (χ4n) is 1.20. The molecule has 8 nitrogen and oxygen atoms in total. The molecule has 0 saturated carbocycles. The zero-order chi connectivity index (χ0) is 12.0. The molecule has 16 heavy (non-hydrogen) atoms. The van der Waals surface area contributed by atoms with E-state index in [9.17, 15) is 9.59 Å². The van der Waals surface area contributed by atoms with Gasteiger partial charge in [-0.15, -0.1) is 10.2 Å². The molecule has 1 heterocycles. The Labute approximate surface area is 91.8 Å². The molecule has 1 atom stereocenters. The van der Waals surface area contributed by atoms with E-state index in [1.165, 1.54) is 0 Å². The van der Waals surface area contributed by atoms with Crippen LogP contribution in [0.2, 0.25) is 0 Å². The Morgan fingerprint density at radius 2 is 2.12 bits per heavy atom. The number of H-pyrrole nitrogens is 1. The van der Waals surface area contributed by atoms with Crippen LogP contribution in [-0.4, -0.2) is 38.4 Å². The second-order valence-corrected chi connectivity index (χ2v) is 3.42. The van der Waals surface area contributed by atoms with Crippen LogP contribution in [0.1, 0.15) is 25.1 Å². The molecule has 1 aromatic heterocycles. The van der Waals surface area contributed by atoms with Gasteiger partial charge in [0, 0.05) is 19.3 Å². The van der Waals surface area contributed by atoms with Crippen LogP contribution in [0.4, 0.5) is 0 Å². The van der Waals surface area contributed by atoms with Gasteiger partial charge in [-0.25, -0.2) is 0 Å². The normalized spacial score (nSPS) is 12.3. The van der Waals surface area contributed by atoms with Crippen LogP contribution in [0.3, 0.4) is 0 Å². The minimum absolute atomic E-state index is 0.133. The summed E-state index contributed by atoms with van der Waals surface area (Å²) >= 11 is 0. The highest BCUT2D eigenvalue weighted by Crippen LogP contribution is 2.01. The molecule has 0 aliphatic rings. The highest BCUT2D eigenvalue weighted by atomic mass is 16.1. The molecular formula is C8H14N6O2. The van der Waals surface area contributed by atoms with E-state index in [0.717, 1.165) is 0 Å². The Morgan fingerprint density at radius 1 is 1.38 bits per heavy atom. The van der Waals surface area contributed by atoms with Crippen molar-refractivity contribution in [3.63, 3.8) is 0 Å². The second-order valence-electron chi connectivity index (χ2n) is 3.42. The molecule has 0 aromatic carbocycles. The van der Waals surface area contributed by atoms with Crippen molar-refractivity contribution in [2.24, 2.45) is 11.5 Å². The van der Waals surface area contributed by atoms with Crippen molar-refractivity contribution in [2.45, 2.75) is 31.7 Å². The van der Waals surface area contributed by atoms with E-state index < -0.39 is 11.9 Å². The van der Waals surface area contributed by atoms with Crippen LogP contribution >= 0.6 is 0 Å². The molecule has 0 unspecified atom stereocenters. The van der Waals surface area contributed by atoms with E-state index in [1.54, 1.807) is 0 Å². The largest absolute Gasteiger partial charge is 0.370 e. The SMILES string of the molecule is NC(=O)CCCC(=O)[C@@H](N)Cc1nn[nH]n1. The van der Waals surface area contributed by atoms with Gasteiger partial charge in [0.15, 0.2) is 5.82 Å². The zero-order valence-corrected chi connectivity index (χ0v) is 8.72. The van der Waals surface area contributed by atoms with Crippen molar-refractivity contribution in [1.82, 2.24) is 20.6 Å². The van der Waals surface area contributed by atoms with Gasteiger partial charge in [0.1, 0.15) is 5.78 Å². The van der Waals surface area contributed by atoms with Crippen molar-refractivity contribution in [3.05, 3.63) is 5.82 Å². The first-order valence-electron chi connectivity index (χ1n) is 4.88. The minimum atomic E-state index is -0.662. The molecule has 0 radical (unpaired) electrons. The number of nitrogens with two attached hydrogens (primary N) is 2. The average molecular weight is 226 g/mol. The van der Waals surface area contributed by atoms with Crippen LogP contribution < -0.4 is 11.5 Å². The number of carbonyl (C=O) groups excluding carboxylic acids is 2. The summed E-state index contributed by atoms with van der Waals surface area (Å²) in [7, 11) is 0. The van der Waals surface area contributed by atoms with Crippen molar-refractivity contribution < 1.29 is 9.59 Å². The number of ketones is 1. The highest BCUT2D eigenvalue weighted by Gasteiger charge is 2.16. The van der Waals surface area contributed by atoms with Gasteiger partial charge in [0.25, 0.3) is 0 Å². The van der Waals surface area contributed by atoms with Crippen LogP contribution in [0.25, 0.3) is 0 Å². The van der Waals surface area contributed by atoms with Gasteiger partial charge in [-0.05, 0) is 6.42 Å². The Balaban J connectivity index is 2.28. The summed E-state index contributed by atoms with van der Waals surface area (Å²) in [5.74, 6) is -0.152. The van der Waals surface area contributed by atoms with E-state index in [0.29, 0.717) is 12.2 Å². The number of amides is 1. The standard InChI is InChI=1S/C8H14N6O2/c9-5(4-8-11-13-14-12-8)6(15)2-1-3-7(10)16/h5H,1-4,9H2,(H2,10,16)(H,11,12,13,14)/t5-/m0/s1. The first-order valence-corrected chi connectivity index (χ1v) is 4.88. The van der Waals surface area contributed by atoms with Gasteiger partial charge in [-0.2, -0.15) is 5.21 Å². The average Bonchev–Trinajstić information content (AvgIpc) is 2.69. The lowest BCUT2D eigenvalue weighted by Crippen LogP contribution is -2.33.